The van der Waals surface area contributed by atoms with E-state index < -0.39 is 0 Å². The summed E-state index contributed by atoms with van der Waals surface area (Å²) in [4.78, 5) is 16.2. The van der Waals surface area contributed by atoms with Crippen LogP contribution in [0.5, 0.6) is 0 Å². The van der Waals surface area contributed by atoms with Crippen molar-refractivity contribution in [3.63, 3.8) is 0 Å². The van der Waals surface area contributed by atoms with Crippen molar-refractivity contribution in [1.82, 2.24) is 9.55 Å². The van der Waals surface area contributed by atoms with Gasteiger partial charge < -0.3 is 4.57 Å². The Balaban J connectivity index is 2.01. The zero-order valence-electron chi connectivity index (χ0n) is 12.3. The molecular weight excluding hydrogens is 260 g/mol. The predicted octanol–water partition coefficient (Wildman–Crippen LogP) is 3.85. The van der Waals surface area contributed by atoms with E-state index in [9.17, 15) is 4.79 Å². The summed E-state index contributed by atoms with van der Waals surface area (Å²) in [6, 6.07) is 16.0. The number of imidazole rings is 1. The Labute approximate surface area is 124 Å². The smallest absolute Gasteiger partial charge is 0.159 e. The van der Waals surface area contributed by atoms with E-state index in [2.05, 4.69) is 17.6 Å². The Morgan fingerprint density at radius 3 is 2.71 bits per heavy atom. The molecule has 0 aliphatic carbocycles. The lowest BCUT2D eigenvalue weighted by molar-refractivity contribution is 0.101. The first-order valence-corrected chi connectivity index (χ1v) is 7.23. The number of hydrogen-bond donors (Lipinski definition) is 0. The second kappa shape index (κ2) is 5.52. The van der Waals surface area contributed by atoms with Crippen LogP contribution in [0.3, 0.4) is 0 Å². The molecule has 1 aromatic heterocycles. The fourth-order valence-electron chi connectivity index (χ4n) is 2.70. The first-order valence-electron chi connectivity index (χ1n) is 7.23. The van der Waals surface area contributed by atoms with Crippen LogP contribution in [0, 0.1) is 0 Å². The number of nitrogens with zero attached hydrogens (tertiary/aromatic N) is 2. The quantitative estimate of drug-likeness (QED) is 0.679. The number of ketones is 1. The molecule has 0 radical (unpaired) electrons. The van der Waals surface area contributed by atoms with E-state index in [-0.39, 0.29) is 5.78 Å². The van der Waals surface area contributed by atoms with Crippen molar-refractivity contribution < 1.29 is 4.79 Å². The van der Waals surface area contributed by atoms with Crippen molar-refractivity contribution in [1.29, 1.82) is 0 Å². The minimum absolute atomic E-state index is 0.0980. The summed E-state index contributed by atoms with van der Waals surface area (Å²) < 4.78 is 2.23. The third kappa shape index (κ3) is 2.59. The highest BCUT2D eigenvalue weighted by Crippen LogP contribution is 2.19. The molecule has 3 aromatic rings. The van der Waals surface area contributed by atoms with Gasteiger partial charge in [0.1, 0.15) is 5.82 Å². The van der Waals surface area contributed by atoms with E-state index in [1.165, 1.54) is 0 Å². The van der Waals surface area contributed by atoms with Crippen molar-refractivity contribution in [2.45, 2.75) is 26.8 Å². The first kappa shape index (κ1) is 13.6. The van der Waals surface area contributed by atoms with E-state index in [4.69, 9.17) is 4.98 Å². The third-order valence-electron chi connectivity index (χ3n) is 3.75. The lowest BCUT2D eigenvalue weighted by Crippen LogP contribution is -2.03. The molecule has 0 N–H and O–H groups in total. The molecule has 0 amide bonds. The SMILES string of the molecule is CCn1c(Cc2cccc(C(C)=O)c2)nc2ccccc21. The van der Waals surface area contributed by atoms with Crippen LogP contribution in [0.4, 0.5) is 0 Å². The molecule has 1 heterocycles. The molecule has 0 bridgehead atoms. The standard InChI is InChI=1S/C18H18N2O/c1-3-20-17-10-5-4-9-16(17)19-18(20)12-14-7-6-8-15(11-14)13(2)21/h4-11H,3,12H2,1-2H3. The number of carbonyl (C=O) groups is 1. The lowest BCUT2D eigenvalue weighted by Gasteiger charge is -2.07. The third-order valence-corrected chi connectivity index (χ3v) is 3.75. The molecule has 0 aliphatic heterocycles. The summed E-state index contributed by atoms with van der Waals surface area (Å²) in [7, 11) is 0. The van der Waals surface area contributed by atoms with Gasteiger partial charge in [0.05, 0.1) is 11.0 Å². The largest absolute Gasteiger partial charge is 0.328 e. The van der Waals surface area contributed by atoms with Crippen LogP contribution in [0.25, 0.3) is 11.0 Å². The van der Waals surface area contributed by atoms with Gasteiger partial charge in [0, 0.05) is 18.5 Å². The van der Waals surface area contributed by atoms with Gasteiger partial charge in [-0.3, -0.25) is 4.79 Å². The highest BCUT2D eigenvalue weighted by atomic mass is 16.1. The zero-order valence-corrected chi connectivity index (χ0v) is 12.3. The van der Waals surface area contributed by atoms with E-state index in [0.29, 0.717) is 0 Å². The molecule has 106 valence electrons. The van der Waals surface area contributed by atoms with Crippen LogP contribution in [-0.2, 0) is 13.0 Å². The number of benzene rings is 2. The average Bonchev–Trinajstić information content (AvgIpc) is 2.84. The highest BCUT2D eigenvalue weighted by Gasteiger charge is 2.10. The minimum atomic E-state index is 0.0980. The number of rotatable bonds is 4. The predicted molar refractivity (Wildman–Crippen MR) is 84.7 cm³/mol. The van der Waals surface area contributed by atoms with Crippen LogP contribution in [0.2, 0.25) is 0 Å². The van der Waals surface area contributed by atoms with Gasteiger partial charge in [-0.05, 0) is 37.6 Å². The molecule has 0 spiro atoms. The van der Waals surface area contributed by atoms with Gasteiger partial charge in [-0.2, -0.15) is 0 Å². The van der Waals surface area contributed by atoms with E-state index in [1.807, 2.05) is 42.5 Å². The molecule has 0 aliphatic rings. The number of fused-ring (bicyclic) bond motifs is 1. The van der Waals surface area contributed by atoms with Crippen LogP contribution in [0.15, 0.2) is 48.5 Å². The monoisotopic (exact) mass is 278 g/mol. The molecule has 3 rings (SSSR count). The zero-order chi connectivity index (χ0) is 14.8. The number of carbonyl (C=O) groups excluding carboxylic acids is 1. The van der Waals surface area contributed by atoms with Gasteiger partial charge in [0.15, 0.2) is 5.78 Å². The molecule has 0 saturated carbocycles. The Bertz CT molecular complexity index is 802. The Morgan fingerprint density at radius 2 is 1.95 bits per heavy atom. The number of hydrogen-bond acceptors (Lipinski definition) is 2. The number of aromatic nitrogens is 2. The molecule has 3 heteroatoms. The minimum Gasteiger partial charge on any atom is -0.328 e. The normalized spacial score (nSPS) is 11.0. The summed E-state index contributed by atoms with van der Waals surface area (Å²) in [6.07, 6.45) is 0.740. The fourth-order valence-corrected chi connectivity index (χ4v) is 2.70. The number of Topliss-reactive ketones (excluding diaryl/α,β-unsaturated/α-hetero) is 1. The van der Waals surface area contributed by atoms with Gasteiger partial charge in [-0.15, -0.1) is 0 Å². The second-order valence-corrected chi connectivity index (χ2v) is 5.19. The van der Waals surface area contributed by atoms with E-state index >= 15 is 0 Å². The molecule has 3 nitrogen and oxygen atoms in total. The fraction of sp³-hybridized carbons (Fsp3) is 0.222. The van der Waals surface area contributed by atoms with Crippen molar-refractivity contribution in [3.8, 4) is 0 Å². The summed E-state index contributed by atoms with van der Waals surface area (Å²) >= 11 is 0. The van der Waals surface area contributed by atoms with Gasteiger partial charge in [-0.25, -0.2) is 4.98 Å². The topological polar surface area (TPSA) is 34.9 Å². The van der Waals surface area contributed by atoms with Crippen LogP contribution in [0.1, 0.15) is 35.6 Å². The summed E-state index contributed by atoms with van der Waals surface area (Å²) in [5.74, 6) is 1.14. The maximum Gasteiger partial charge on any atom is 0.159 e. The van der Waals surface area contributed by atoms with Gasteiger partial charge in [0.2, 0.25) is 0 Å². The van der Waals surface area contributed by atoms with Gasteiger partial charge >= 0.3 is 0 Å². The summed E-state index contributed by atoms with van der Waals surface area (Å²) in [6.45, 7) is 4.62. The van der Waals surface area contributed by atoms with Gasteiger partial charge in [-0.1, -0.05) is 30.3 Å². The summed E-state index contributed by atoms with van der Waals surface area (Å²) in [5.41, 5.74) is 4.06. The molecule has 0 unspecified atom stereocenters. The molecule has 2 aromatic carbocycles. The maximum absolute atomic E-state index is 11.5. The molecule has 0 fully saturated rings. The van der Waals surface area contributed by atoms with Crippen molar-refractivity contribution in [3.05, 3.63) is 65.5 Å². The molecule has 0 saturated heterocycles. The van der Waals surface area contributed by atoms with E-state index in [1.54, 1.807) is 6.92 Å². The molecule has 21 heavy (non-hydrogen) atoms. The van der Waals surface area contributed by atoms with Crippen LogP contribution < -0.4 is 0 Å². The van der Waals surface area contributed by atoms with Gasteiger partial charge in [0.25, 0.3) is 0 Å². The average molecular weight is 278 g/mol. The van der Waals surface area contributed by atoms with Crippen LogP contribution in [-0.4, -0.2) is 15.3 Å². The van der Waals surface area contributed by atoms with Crippen molar-refractivity contribution in [2.24, 2.45) is 0 Å². The van der Waals surface area contributed by atoms with Crippen molar-refractivity contribution >= 4 is 16.8 Å². The Hall–Kier alpha value is -2.42. The number of aryl methyl sites for hydroxylation is 1. The lowest BCUT2D eigenvalue weighted by atomic mass is 10.1. The summed E-state index contributed by atoms with van der Waals surface area (Å²) in [5, 5.41) is 0. The van der Waals surface area contributed by atoms with Crippen LogP contribution >= 0.6 is 0 Å². The Morgan fingerprint density at radius 1 is 1.14 bits per heavy atom. The molecular formula is C18H18N2O. The molecule has 0 atom stereocenters. The maximum atomic E-state index is 11.5. The van der Waals surface area contributed by atoms with E-state index in [0.717, 1.165) is 41.0 Å². The van der Waals surface area contributed by atoms with Crippen molar-refractivity contribution in [2.75, 3.05) is 0 Å². The highest BCUT2D eigenvalue weighted by molar-refractivity contribution is 5.94. The Kier molecular flexibility index (Phi) is 3.57. The first-order chi connectivity index (χ1) is 10.2. The number of para-hydroxylation sites is 2. The second-order valence-electron chi connectivity index (χ2n) is 5.19.